The lowest BCUT2D eigenvalue weighted by molar-refractivity contribution is 0.580. The minimum Gasteiger partial charge on any atom is -0.309 e. The van der Waals surface area contributed by atoms with Crippen LogP contribution < -0.4 is 5.32 Å². The van der Waals surface area contributed by atoms with Crippen molar-refractivity contribution >= 4 is 27.3 Å². The van der Waals surface area contributed by atoms with Crippen molar-refractivity contribution in [3.63, 3.8) is 0 Å². The van der Waals surface area contributed by atoms with Crippen LogP contribution in [0.15, 0.2) is 27.6 Å². The predicted molar refractivity (Wildman–Crippen MR) is 75.0 cm³/mol. The van der Waals surface area contributed by atoms with Gasteiger partial charge < -0.3 is 5.32 Å². The van der Waals surface area contributed by atoms with E-state index in [1.807, 2.05) is 11.3 Å². The van der Waals surface area contributed by atoms with Gasteiger partial charge in [-0.1, -0.05) is 11.6 Å². The summed E-state index contributed by atoms with van der Waals surface area (Å²) < 4.78 is 1.19. The van der Waals surface area contributed by atoms with Gasteiger partial charge in [0.1, 0.15) is 0 Å². The van der Waals surface area contributed by atoms with Crippen LogP contribution in [0, 0.1) is 0 Å². The summed E-state index contributed by atoms with van der Waals surface area (Å²) >= 11 is 5.31. The molecule has 1 unspecified atom stereocenters. The van der Waals surface area contributed by atoms with E-state index in [2.05, 4.69) is 45.7 Å². The third-order valence-corrected chi connectivity index (χ3v) is 4.92. The highest BCUT2D eigenvalue weighted by molar-refractivity contribution is 9.10. The molecule has 0 spiro atoms. The molecule has 1 aromatic rings. The van der Waals surface area contributed by atoms with Gasteiger partial charge in [-0.05, 0) is 61.1 Å². The van der Waals surface area contributed by atoms with Crippen molar-refractivity contribution in [2.45, 2.75) is 38.6 Å². The van der Waals surface area contributed by atoms with Crippen LogP contribution in [0.2, 0.25) is 0 Å². The first kappa shape index (κ1) is 12.3. The number of nitrogens with one attached hydrogen (secondary N) is 1. The molecule has 16 heavy (non-hydrogen) atoms. The summed E-state index contributed by atoms with van der Waals surface area (Å²) in [6.45, 7) is 3.34. The highest BCUT2D eigenvalue weighted by Crippen LogP contribution is 2.25. The van der Waals surface area contributed by atoms with Gasteiger partial charge in [0, 0.05) is 20.8 Å². The topological polar surface area (TPSA) is 12.0 Å². The molecule has 1 aliphatic carbocycles. The zero-order chi connectivity index (χ0) is 11.4. The molecule has 1 heterocycles. The first-order chi connectivity index (χ1) is 7.75. The Balaban J connectivity index is 1.73. The van der Waals surface area contributed by atoms with Crippen LogP contribution in [-0.4, -0.2) is 6.54 Å². The maximum atomic E-state index is 3.59. The Morgan fingerprint density at radius 1 is 1.56 bits per heavy atom. The fraction of sp³-hybridized carbons (Fsp3) is 0.538. The molecule has 88 valence electrons. The van der Waals surface area contributed by atoms with E-state index >= 15 is 0 Å². The molecular weight excluding hydrogens is 282 g/mol. The number of hydrogen-bond donors (Lipinski definition) is 1. The number of allylic oxidation sites excluding steroid dienone is 1. The lowest BCUT2D eigenvalue weighted by atomic mass is 10.1. The van der Waals surface area contributed by atoms with Crippen LogP contribution in [0.4, 0.5) is 0 Å². The summed E-state index contributed by atoms with van der Waals surface area (Å²) in [4.78, 5) is 1.41. The summed E-state index contributed by atoms with van der Waals surface area (Å²) in [7, 11) is 0. The van der Waals surface area contributed by atoms with E-state index < -0.39 is 0 Å². The fourth-order valence-electron chi connectivity index (χ4n) is 2.07. The van der Waals surface area contributed by atoms with Gasteiger partial charge in [-0.25, -0.2) is 0 Å². The molecule has 1 aromatic heterocycles. The van der Waals surface area contributed by atoms with E-state index in [0.29, 0.717) is 6.04 Å². The first-order valence-corrected chi connectivity index (χ1v) is 7.58. The van der Waals surface area contributed by atoms with Crippen LogP contribution in [0.25, 0.3) is 0 Å². The molecule has 0 amide bonds. The first-order valence-electron chi connectivity index (χ1n) is 5.91. The third kappa shape index (κ3) is 3.44. The van der Waals surface area contributed by atoms with Gasteiger partial charge in [0.15, 0.2) is 0 Å². The molecule has 1 atom stereocenters. The van der Waals surface area contributed by atoms with Gasteiger partial charge in [0.25, 0.3) is 0 Å². The molecule has 0 bridgehead atoms. The van der Waals surface area contributed by atoms with Crippen LogP contribution in [0.1, 0.15) is 43.5 Å². The number of rotatable bonds is 5. The van der Waals surface area contributed by atoms with Gasteiger partial charge in [-0.15, -0.1) is 11.3 Å². The van der Waals surface area contributed by atoms with Crippen LogP contribution in [0.5, 0.6) is 0 Å². The molecule has 0 aliphatic heterocycles. The molecule has 0 aromatic carbocycles. The Labute approximate surface area is 110 Å². The number of hydrogen-bond acceptors (Lipinski definition) is 2. The van der Waals surface area contributed by atoms with Gasteiger partial charge in [0.05, 0.1) is 0 Å². The van der Waals surface area contributed by atoms with Crippen molar-refractivity contribution in [3.05, 3.63) is 32.4 Å². The highest BCUT2D eigenvalue weighted by Gasteiger charge is 2.08. The molecule has 3 heteroatoms. The molecule has 0 saturated carbocycles. The molecule has 0 radical (unpaired) electrons. The van der Waals surface area contributed by atoms with Crippen molar-refractivity contribution in [2.24, 2.45) is 0 Å². The Kier molecular flexibility index (Phi) is 4.62. The van der Waals surface area contributed by atoms with Crippen LogP contribution in [-0.2, 0) is 0 Å². The monoisotopic (exact) mass is 299 g/mol. The van der Waals surface area contributed by atoms with Gasteiger partial charge in [-0.3, -0.25) is 0 Å². The SMILES string of the molecule is CC(NCCC1=CCCC1)c1cc(Br)cs1. The fourth-order valence-corrected chi connectivity index (χ4v) is 3.55. The van der Waals surface area contributed by atoms with Crippen LogP contribution in [0.3, 0.4) is 0 Å². The summed E-state index contributed by atoms with van der Waals surface area (Å²) in [5.74, 6) is 0. The van der Waals surface area contributed by atoms with E-state index in [0.717, 1.165) is 6.54 Å². The Morgan fingerprint density at radius 2 is 2.44 bits per heavy atom. The summed E-state index contributed by atoms with van der Waals surface area (Å²) in [5, 5.41) is 5.73. The van der Waals surface area contributed by atoms with E-state index in [-0.39, 0.29) is 0 Å². The van der Waals surface area contributed by atoms with Crippen molar-refractivity contribution < 1.29 is 0 Å². The molecular formula is C13H18BrNS. The largest absolute Gasteiger partial charge is 0.309 e. The molecule has 1 N–H and O–H groups in total. The molecule has 1 aliphatic rings. The highest BCUT2D eigenvalue weighted by atomic mass is 79.9. The standard InChI is InChI=1S/C13H18BrNS/c1-10(13-8-12(14)9-16-13)15-7-6-11-4-2-3-5-11/h4,8-10,15H,2-3,5-7H2,1H3. The number of halogens is 1. The zero-order valence-corrected chi connectivity index (χ0v) is 12.0. The Bertz CT molecular complexity index is 370. The Hall–Kier alpha value is -0.120. The second-order valence-corrected chi connectivity index (χ2v) is 6.21. The number of thiophene rings is 1. The van der Waals surface area contributed by atoms with Crippen molar-refractivity contribution in [3.8, 4) is 0 Å². The van der Waals surface area contributed by atoms with Gasteiger partial charge in [0.2, 0.25) is 0 Å². The molecule has 2 rings (SSSR count). The van der Waals surface area contributed by atoms with Crippen LogP contribution >= 0.6 is 27.3 Å². The summed E-state index contributed by atoms with van der Waals surface area (Å²) in [6, 6.07) is 2.68. The van der Waals surface area contributed by atoms with Crippen molar-refractivity contribution in [1.29, 1.82) is 0 Å². The third-order valence-electron chi connectivity index (χ3n) is 3.05. The maximum Gasteiger partial charge on any atom is 0.0386 e. The van der Waals surface area contributed by atoms with E-state index in [1.54, 1.807) is 5.57 Å². The maximum absolute atomic E-state index is 3.59. The smallest absolute Gasteiger partial charge is 0.0386 e. The van der Waals surface area contributed by atoms with Gasteiger partial charge in [-0.2, -0.15) is 0 Å². The second kappa shape index (κ2) is 5.99. The summed E-state index contributed by atoms with van der Waals surface area (Å²) in [5.41, 5.74) is 1.65. The summed E-state index contributed by atoms with van der Waals surface area (Å²) in [6.07, 6.45) is 7.61. The minimum absolute atomic E-state index is 0.471. The molecule has 1 nitrogen and oxygen atoms in total. The van der Waals surface area contributed by atoms with E-state index in [1.165, 1.54) is 35.0 Å². The molecule has 0 fully saturated rings. The second-order valence-electron chi connectivity index (χ2n) is 4.35. The van der Waals surface area contributed by atoms with Crippen molar-refractivity contribution in [1.82, 2.24) is 5.32 Å². The normalized spacial score (nSPS) is 17.5. The minimum atomic E-state index is 0.471. The van der Waals surface area contributed by atoms with E-state index in [9.17, 15) is 0 Å². The zero-order valence-electron chi connectivity index (χ0n) is 9.63. The van der Waals surface area contributed by atoms with Crippen molar-refractivity contribution in [2.75, 3.05) is 6.54 Å². The lowest BCUT2D eigenvalue weighted by Gasteiger charge is -2.12. The lowest BCUT2D eigenvalue weighted by Crippen LogP contribution is -2.19. The predicted octanol–water partition coefficient (Wildman–Crippen LogP) is 4.66. The average molecular weight is 300 g/mol. The quantitative estimate of drug-likeness (QED) is 0.780. The van der Waals surface area contributed by atoms with E-state index in [4.69, 9.17) is 0 Å². The molecule has 0 saturated heterocycles. The average Bonchev–Trinajstić information content (AvgIpc) is 2.89. The van der Waals surface area contributed by atoms with Gasteiger partial charge >= 0.3 is 0 Å². The Morgan fingerprint density at radius 3 is 3.06 bits per heavy atom.